The van der Waals surface area contributed by atoms with Crippen LogP contribution in [0.4, 0.5) is 5.00 Å². The van der Waals surface area contributed by atoms with Gasteiger partial charge in [0, 0.05) is 16.0 Å². The molecular weight excluding hydrogens is 370 g/mol. The average Bonchev–Trinajstić information content (AvgIpc) is 3.02. The largest absolute Gasteiger partial charge is 0.481 e. The van der Waals surface area contributed by atoms with Gasteiger partial charge in [0.05, 0.1) is 5.56 Å². The highest BCUT2D eigenvalue weighted by Crippen LogP contribution is 2.39. The van der Waals surface area contributed by atoms with Crippen LogP contribution < -0.4 is 10.1 Å². The Kier molecular flexibility index (Phi) is 5.01. The van der Waals surface area contributed by atoms with Crippen molar-refractivity contribution in [3.63, 3.8) is 0 Å². The van der Waals surface area contributed by atoms with E-state index >= 15 is 0 Å². The van der Waals surface area contributed by atoms with E-state index < -0.39 is 0 Å². The van der Waals surface area contributed by atoms with Crippen molar-refractivity contribution in [2.45, 2.75) is 33.1 Å². The molecule has 5 nitrogen and oxygen atoms in total. The van der Waals surface area contributed by atoms with Gasteiger partial charge in [-0.2, -0.15) is 5.26 Å². The fraction of sp³-hybridized carbons (Fsp3) is 0.318. The molecule has 3 aromatic rings. The molecule has 0 radical (unpaired) electrons. The number of aromatic nitrogens is 1. The van der Waals surface area contributed by atoms with Crippen LogP contribution in [-0.4, -0.2) is 17.5 Å². The van der Waals surface area contributed by atoms with Crippen molar-refractivity contribution in [3.8, 4) is 11.8 Å². The van der Waals surface area contributed by atoms with Gasteiger partial charge in [0.25, 0.3) is 5.91 Å². The van der Waals surface area contributed by atoms with E-state index in [-0.39, 0.29) is 12.5 Å². The molecule has 0 fully saturated rings. The summed E-state index contributed by atoms with van der Waals surface area (Å²) in [6, 6.07) is 11.9. The zero-order valence-electron chi connectivity index (χ0n) is 15.9. The topological polar surface area (TPSA) is 75.0 Å². The van der Waals surface area contributed by atoms with Gasteiger partial charge in [-0.05, 0) is 49.8 Å². The molecule has 2 aromatic heterocycles. The molecule has 1 amide bonds. The third-order valence-electron chi connectivity index (χ3n) is 5.06. The smallest absolute Gasteiger partial charge is 0.262 e. The van der Waals surface area contributed by atoms with Crippen molar-refractivity contribution in [1.29, 1.82) is 5.26 Å². The van der Waals surface area contributed by atoms with Crippen molar-refractivity contribution < 1.29 is 9.53 Å². The number of rotatable bonds is 4. The molecule has 6 heteroatoms. The van der Waals surface area contributed by atoms with Crippen molar-refractivity contribution in [2.24, 2.45) is 5.92 Å². The van der Waals surface area contributed by atoms with Gasteiger partial charge in [-0.15, -0.1) is 11.3 Å². The Balaban J connectivity index is 1.49. The van der Waals surface area contributed by atoms with E-state index in [9.17, 15) is 10.1 Å². The van der Waals surface area contributed by atoms with E-state index in [1.165, 1.54) is 16.2 Å². The predicted molar refractivity (Wildman–Crippen MR) is 111 cm³/mol. The molecule has 0 spiro atoms. The maximum atomic E-state index is 12.5. The summed E-state index contributed by atoms with van der Waals surface area (Å²) in [5, 5.41) is 14.0. The number of fused-ring (bicyclic) bond motifs is 2. The van der Waals surface area contributed by atoms with Crippen LogP contribution in [0.25, 0.3) is 10.9 Å². The number of amides is 1. The van der Waals surface area contributed by atoms with Crippen LogP contribution in [0.15, 0.2) is 30.3 Å². The lowest BCUT2D eigenvalue weighted by molar-refractivity contribution is -0.118. The van der Waals surface area contributed by atoms with Crippen molar-refractivity contribution in [2.75, 3.05) is 11.9 Å². The Morgan fingerprint density at radius 1 is 1.39 bits per heavy atom. The number of hydrogen-bond acceptors (Lipinski definition) is 5. The number of benzene rings is 1. The number of aryl methyl sites for hydroxylation is 1. The first-order valence-electron chi connectivity index (χ1n) is 9.39. The molecule has 1 N–H and O–H groups in total. The molecule has 1 aliphatic carbocycles. The summed E-state index contributed by atoms with van der Waals surface area (Å²) in [7, 11) is 0. The highest BCUT2D eigenvalue weighted by atomic mass is 32.1. The van der Waals surface area contributed by atoms with Gasteiger partial charge < -0.3 is 10.1 Å². The van der Waals surface area contributed by atoms with Crippen LogP contribution in [-0.2, 0) is 17.6 Å². The summed E-state index contributed by atoms with van der Waals surface area (Å²) in [5.41, 5.74) is 3.36. The highest BCUT2D eigenvalue weighted by Gasteiger charge is 2.24. The molecule has 4 rings (SSSR count). The standard InChI is InChI=1S/C22H21N3O2S/c1-13-6-9-16-17(11-23)22(28-19(16)10-13)25-20(26)12-27-18-5-3-4-15-8-7-14(2)24-21(15)18/h3-5,7-8,13H,6,9-10,12H2,1-2H3,(H,25,26). The molecule has 0 saturated carbocycles. The number of nitrogens with one attached hydrogen (secondary N) is 1. The van der Waals surface area contributed by atoms with Crippen LogP contribution in [0.3, 0.4) is 0 Å². The van der Waals surface area contributed by atoms with Crippen molar-refractivity contribution >= 4 is 33.1 Å². The van der Waals surface area contributed by atoms with Crippen LogP contribution >= 0.6 is 11.3 Å². The Labute approximate surface area is 168 Å². The molecule has 0 saturated heterocycles. The lowest BCUT2D eigenvalue weighted by Gasteiger charge is -2.17. The Morgan fingerprint density at radius 2 is 2.25 bits per heavy atom. The van der Waals surface area contributed by atoms with Gasteiger partial charge in [-0.3, -0.25) is 4.79 Å². The number of anilines is 1. The lowest BCUT2D eigenvalue weighted by Crippen LogP contribution is -2.20. The molecule has 0 bridgehead atoms. The zero-order chi connectivity index (χ0) is 19.7. The van der Waals surface area contributed by atoms with Crippen LogP contribution in [0.2, 0.25) is 0 Å². The maximum absolute atomic E-state index is 12.5. The number of para-hydroxylation sites is 1. The van der Waals surface area contributed by atoms with E-state index in [2.05, 4.69) is 23.3 Å². The van der Waals surface area contributed by atoms with E-state index in [4.69, 9.17) is 4.74 Å². The fourth-order valence-corrected chi connectivity index (χ4v) is 4.97. The third-order valence-corrected chi connectivity index (χ3v) is 6.23. The van der Waals surface area contributed by atoms with Gasteiger partial charge in [-0.1, -0.05) is 25.1 Å². The zero-order valence-corrected chi connectivity index (χ0v) is 16.7. The third kappa shape index (κ3) is 3.58. The van der Waals surface area contributed by atoms with Gasteiger partial charge in [0.1, 0.15) is 22.3 Å². The number of ether oxygens (including phenoxy) is 1. The quantitative estimate of drug-likeness (QED) is 0.704. The lowest BCUT2D eigenvalue weighted by atomic mass is 9.89. The van der Waals surface area contributed by atoms with Crippen molar-refractivity contribution in [1.82, 2.24) is 4.98 Å². The first-order chi connectivity index (χ1) is 13.5. The number of nitrogens with zero attached hydrogens (tertiary/aromatic N) is 2. The minimum atomic E-state index is -0.271. The number of carbonyl (C=O) groups excluding carboxylic acids is 1. The summed E-state index contributed by atoms with van der Waals surface area (Å²) in [6.07, 6.45) is 2.97. The Hall–Kier alpha value is -2.91. The number of pyridine rings is 1. The molecule has 1 unspecified atom stereocenters. The van der Waals surface area contributed by atoms with Crippen LogP contribution in [0, 0.1) is 24.2 Å². The molecule has 1 atom stereocenters. The normalized spacial score (nSPS) is 15.7. The number of nitriles is 1. The van der Waals surface area contributed by atoms with Crippen LogP contribution in [0.5, 0.6) is 5.75 Å². The van der Waals surface area contributed by atoms with E-state index in [0.29, 0.717) is 22.2 Å². The summed E-state index contributed by atoms with van der Waals surface area (Å²) >= 11 is 1.52. The minimum Gasteiger partial charge on any atom is -0.481 e. The second-order valence-corrected chi connectivity index (χ2v) is 8.39. The average molecular weight is 391 g/mol. The number of hydrogen-bond donors (Lipinski definition) is 1. The first kappa shape index (κ1) is 18.5. The second-order valence-electron chi connectivity index (χ2n) is 7.29. The van der Waals surface area contributed by atoms with E-state index in [1.54, 1.807) is 0 Å². The van der Waals surface area contributed by atoms with Crippen molar-refractivity contribution in [3.05, 3.63) is 52.0 Å². The SMILES string of the molecule is Cc1ccc2cccc(OCC(=O)Nc3sc4c(c3C#N)CCC(C)C4)c2n1. The fourth-order valence-electron chi connectivity index (χ4n) is 3.60. The number of thiophene rings is 1. The molecule has 142 valence electrons. The second kappa shape index (κ2) is 7.61. The van der Waals surface area contributed by atoms with Gasteiger partial charge in [0.15, 0.2) is 6.61 Å². The predicted octanol–water partition coefficient (Wildman–Crippen LogP) is 4.62. The molecular formula is C22H21N3O2S. The Morgan fingerprint density at radius 3 is 3.07 bits per heavy atom. The monoisotopic (exact) mass is 391 g/mol. The first-order valence-corrected chi connectivity index (χ1v) is 10.2. The minimum absolute atomic E-state index is 0.126. The van der Waals surface area contributed by atoms with Crippen LogP contribution in [0.1, 0.15) is 35.0 Å². The summed E-state index contributed by atoms with van der Waals surface area (Å²) in [6.45, 7) is 4.02. The molecule has 28 heavy (non-hydrogen) atoms. The van der Waals surface area contributed by atoms with Gasteiger partial charge >= 0.3 is 0 Å². The van der Waals surface area contributed by atoms with Gasteiger partial charge in [-0.25, -0.2) is 4.98 Å². The maximum Gasteiger partial charge on any atom is 0.262 e. The summed E-state index contributed by atoms with van der Waals surface area (Å²) in [4.78, 5) is 18.2. The molecule has 2 heterocycles. The Bertz CT molecular complexity index is 1100. The highest BCUT2D eigenvalue weighted by molar-refractivity contribution is 7.16. The number of carbonyl (C=O) groups is 1. The molecule has 0 aliphatic heterocycles. The van der Waals surface area contributed by atoms with E-state index in [1.807, 2.05) is 37.3 Å². The van der Waals surface area contributed by atoms with E-state index in [0.717, 1.165) is 41.4 Å². The molecule has 1 aromatic carbocycles. The molecule has 1 aliphatic rings. The summed E-state index contributed by atoms with van der Waals surface area (Å²) < 4.78 is 5.75. The van der Waals surface area contributed by atoms with Gasteiger partial charge in [0.2, 0.25) is 0 Å². The summed E-state index contributed by atoms with van der Waals surface area (Å²) in [5.74, 6) is 0.927.